The maximum atomic E-state index is 11.9. The molecule has 0 saturated carbocycles. The van der Waals surface area contributed by atoms with Crippen LogP contribution in [-0.2, 0) is 10.0 Å². The average molecular weight is 343 g/mol. The number of nitrogens with one attached hydrogen (secondary N) is 1. The van der Waals surface area contributed by atoms with Gasteiger partial charge in [0.05, 0.1) is 24.8 Å². The lowest BCUT2D eigenvalue weighted by Crippen LogP contribution is -2.38. The molecule has 22 heavy (non-hydrogen) atoms. The van der Waals surface area contributed by atoms with Crippen LogP contribution in [0, 0.1) is 0 Å². The average Bonchev–Trinajstić information content (AvgIpc) is 2.97. The van der Waals surface area contributed by atoms with Crippen molar-refractivity contribution in [1.29, 1.82) is 0 Å². The van der Waals surface area contributed by atoms with E-state index in [0.29, 0.717) is 10.7 Å². The second-order valence-corrected chi connectivity index (χ2v) is 6.89. The Hall–Kier alpha value is -1.99. The Kier molecular flexibility index (Phi) is 5.10. The number of sulfonamides is 1. The molecular weight excluding hydrogens is 328 g/mol. The van der Waals surface area contributed by atoms with Crippen molar-refractivity contribution in [2.75, 3.05) is 23.7 Å². The van der Waals surface area contributed by atoms with E-state index in [0.717, 1.165) is 6.26 Å². The Morgan fingerprint density at radius 3 is 2.50 bits per heavy atom. The summed E-state index contributed by atoms with van der Waals surface area (Å²) in [6.45, 7) is 0.252. The van der Waals surface area contributed by atoms with Crippen LogP contribution < -0.4 is 9.62 Å². The summed E-state index contributed by atoms with van der Waals surface area (Å²) in [5.41, 5.74) is 0.485. The molecule has 1 N–H and O–H groups in total. The number of nitrogens with zero attached hydrogens (tertiary/aromatic N) is 1. The van der Waals surface area contributed by atoms with Crippen molar-refractivity contribution in [2.45, 2.75) is 0 Å². The molecule has 0 radical (unpaired) electrons. The lowest BCUT2D eigenvalue weighted by molar-refractivity contribution is 0.0927. The monoisotopic (exact) mass is 342 g/mol. The van der Waals surface area contributed by atoms with E-state index < -0.39 is 15.9 Å². The molecule has 0 atom stereocenters. The predicted octanol–water partition coefficient (Wildman–Crippen LogP) is 2.13. The molecular formula is C14H15ClN2O4S. The molecule has 2 rings (SSSR count). The summed E-state index contributed by atoms with van der Waals surface area (Å²) in [5, 5.41) is 3.12. The summed E-state index contributed by atoms with van der Waals surface area (Å²) in [6.07, 6.45) is 2.50. The smallest absolute Gasteiger partial charge is 0.287 e. The first-order valence-electron chi connectivity index (χ1n) is 6.43. The molecule has 0 spiro atoms. The zero-order chi connectivity index (χ0) is 16.2. The van der Waals surface area contributed by atoms with Gasteiger partial charge in [-0.05, 0) is 36.4 Å². The van der Waals surface area contributed by atoms with Gasteiger partial charge in [0, 0.05) is 11.6 Å². The second-order valence-electron chi connectivity index (χ2n) is 4.54. The third-order valence-corrected chi connectivity index (χ3v) is 4.31. The summed E-state index contributed by atoms with van der Waals surface area (Å²) < 4.78 is 29.9. The molecule has 0 aliphatic carbocycles. The first kappa shape index (κ1) is 16.4. The standard InChI is InChI=1S/C14H15ClN2O4S/c1-22(19,20)17(12-6-4-11(15)5-7-12)9-8-16-14(18)13-3-2-10-21-13/h2-7,10H,8-9H2,1H3,(H,16,18). The fourth-order valence-electron chi connectivity index (χ4n) is 1.86. The molecule has 0 saturated heterocycles. The zero-order valence-electron chi connectivity index (χ0n) is 11.8. The molecule has 8 heteroatoms. The van der Waals surface area contributed by atoms with Crippen molar-refractivity contribution in [2.24, 2.45) is 0 Å². The Bertz CT molecular complexity index is 727. The quantitative estimate of drug-likeness (QED) is 0.872. The third-order valence-electron chi connectivity index (χ3n) is 2.86. The fourth-order valence-corrected chi connectivity index (χ4v) is 2.91. The molecule has 0 aliphatic rings. The first-order valence-corrected chi connectivity index (χ1v) is 8.65. The van der Waals surface area contributed by atoms with E-state index in [9.17, 15) is 13.2 Å². The highest BCUT2D eigenvalue weighted by atomic mass is 35.5. The Morgan fingerprint density at radius 1 is 1.27 bits per heavy atom. The van der Waals surface area contributed by atoms with Gasteiger partial charge in [-0.2, -0.15) is 0 Å². The molecule has 1 amide bonds. The molecule has 1 aromatic carbocycles. The van der Waals surface area contributed by atoms with Crippen LogP contribution in [-0.4, -0.2) is 33.7 Å². The minimum Gasteiger partial charge on any atom is -0.459 e. The van der Waals surface area contributed by atoms with Gasteiger partial charge in [0.25, 0.3) is 5.91 Å². The van der Waals surface area contributed by atoms with Crippen LogP contribution in [0.15, 0.2) is 47.1 Å². The highest BCUT2D eigenvalue weighted by Gasteiger charge is 2.17. The van der Waals surface area contributed by atoms with Crippen LogP contribution in [0.25, 0.3) is 0 Å². The van der Waals surface area contributed by atoms with Gasteiger partial charge in [0.1, 0.15) is 0 Å². The predicted molar refractivity (Wildman–Crippen MR) is 84.7 cm³/mol. The van der Waals surface area contributed by atoms with E-state index in [1.165, 1.54) is 16.6 Å². The van der Waals surface area contributed by atoms with Crippen LogP contribution in [0.1, 0.15) is 10.6 Å². The number of furan rings is 1. The minimum atomic E-state index is -3.47. The highest BCUT2D eigenvalue weighted by molar-refractivity contribution is 7.92. The molecule has 0 bridgehead atoms. The van der Waals surface area contributed by atoms with E-state index in [-0.39, 0.29) is 18.8 Å². The van der Waals surface area contributed by atoms with Gasteiger partial charge < -0.3 is 9.73 Å². The molecule has 1 heterocycles. The molecule has 0 unspecified atom stereocenters. The van der Waals surface area contributed by atoms with Crippen LogP contribution in [0.3, 0.4) is 0 Å². The Labute approximate surface area is 133 Å². The van der Waals surface area contributed by atoms with Gasteiger partial charge >= 0.3 is 0 Å². The number of amides is 1. The summed E-state index contributed by atoms with van der Waals surface area (Å²) in [5.74, 6) is -0.216. The number of benzene rings is 1. The van der Waals surface area contributed by atoms with Crippen LogP contribution >= 0.6 is 11.6 Å². The Morgan fingerprint density at radius 2 is 1.95 bits per heavy atom. The maximum Gasteiger partial charge on any atom is 0.287 e. The third kappa shape index (κ3) is 4.25. The number of halogens is 1. The molecule has 2 aromatic rings. The summed E-state index contributed by atoms with van der Waals surface area (Å²) in [4.78, 5) is 11.7. The van der Waals surface area contributed by atoms with Crippen LogP contribution in [0.2, 0.25) is 5.02 Å². The number of hydrogen-bond donors (Lipinski definition) is 1. The van der Waals surface area contributed by atoms with Gasteiger partial charge in [0.2, 0.25) is 10.0 Å². The summed E-state index contributed by atoms with van der Waals surface area (Å²) in [6, 6.07) is 9.57. The number of anilines is 1. The second kappa shape index (κ2) is 6.85. The molecule has 6 nitrogen and oxygen atoms in total. The van der Waals surface area contributed by atoms with E-state index in [2.05, 4.69) is 5.32 Å². The van der Waals surface area contributed by atoms with E-state index in [1.807, 2.05) is 0 Å². The van der Waals surface area contributed by atoms with Crippen LogP contribution in [0.4, 0.5) is 5.69 Å². The normalized spacial score (nSPS) is 11.2. The minimum absolute atomic E-state index is 0.104. The fraction of sp³-hybridized carbons (Fsp3) is 0.214. The zero-order valence-corrected chi connectivity index (χ0v) is 13.4. The topological polar surface area (TPSA) is 79.6 Å². The molecule has 0 aliphatic heterocycles. The van der Waals surface area contributed by atoms with Crippen molar-refractivity contribution in [3.05, 3.63) is 53.4 Å². The van der Waals surface area contributed by atoms with Gasteiger partial charge in [0.15, 0.2) is 5.76 Å². The van der Waals surface area contributed by atoms with Gasteiger partial charge in [-0.3, -0.25) is 9.10 Å². The number of carbonyl (C=O) groups is 1. The number of carbonyl (C=O) groups excluding carboxylic acids is 1. The molecule has 118 valence electrons. The van der Waals surface area contributed by atoms with Gasteiger partial charge in [-0.15, -0.1) is 0 Å². The van der Waals surface area contributed by atoms with Gasteiger partial charge in [-0.1, -0.05) is 11.6 Å². The first-order chi connectivity index (χ1) is 10.4. The van der Waals surface area contributed by atoms with E-state index >= 15 is 0 Å². The van der Waals surface area contributed by atoms with Crippen molar-refractivity contribution in [3.63, 3.8) is 0 Å². The lowest BCUT2D eigenvalue weighted by atomic mass is 10.3. The highest BCUT2D eigenvalue weighted by Crippen LogP contribution is 2.19. The lowest BCUT2D eigenvalue weighted by Gasteiger charge is -2.22. The summed E-state index contributed by atoms with van der Waals surface area (Å²) >= 11 is 5.80. The van der Waals surface area contributed by atoms with E-state index in [1.54, 1.807) is 30.3 Å². The molecule has 1 aromatic heterocycles. The van der Waals surface area contributed by atoms with Gasteiger partial charge in [-0.25, -0.2) is 8.42 Å². The number of rotatable bonds is 6. The van der Waals surface area contributed by atoms with Crippen molar-refractivity contribution in [3.8, 4) is 0 Å². The number of hydrogen-bond acceptors (Lipinski definition) is 4. The summed E-state index contributed by atoms with van der Waals surface area (Å²) in [7, 11) is -3.47. The maximum absolute atomic E-state index is 11.9. The Balaban J connectivity index is 2.02. The van der Waals surface area contributed by atoms with Crippen molar-refractivity contribution < 1.29 is 17.6 Å². The SMILES string of the molecule is CS(=O)(=O)N(CCNC(=O)c1ccco1)c1ccc(Cl)cc1. The molecule has 0 fully saturated rings. The van der Waals surface area contributed by atoms with Crippen molar-refractivity contribution >= 4 is 33.2 Å². The largest absolute Gasteiger partial charge is 0.459 e. The van der Waals surface area contributed by atoms with Crippen molar-refractivity contribution in [1.82, 2.24) is 5.32 Å². The van der Waals surface area contributed by atoms with E-state index in [4.69, 9.17) is 16.0 Å². The van der Waals surface area contributed by atoms with Crippen LogP contribution in [0.5, 0.6) is 0 Å².